The Hall–Kier alpha value is -5.28. The topological polar surface area (TPSA) is 186 Å². The fraction of sp³-hybridized carbons (Fsp3) is 0.484. The second-order valence-corrected chi connectivity index (χ2v) is 11.1. The van der Waals surface area contributed by atoms with E-state index in [1.165, 1.54) is 24.3 Å². The lowest BCUT2D eigenvalue weighted by Gasteiger charge is -2.36. The highest BCUT2D eigenvalue weighted by atomic mass is 16.6. The first-order valence-electron chi connectivity index (χ1n) is 15.5. The van der Waals surface area contributed by atoms with Gasteiger partial charge in [0, 0.05) is 101 Å². The van der Waals surface area contributed by atoms with Crippen molar-refractivity contribution in [3.8, 4) is 0 Å². The molecule has 0 spiro atoms. The van der Waals surface area contributed by atoms with E-state index < -0.39 is 28.2 Å². The molecule has 0 aliphatic carbocycles. The van der Waals surface area contributed by atoms with Gasteiger partial charge in [-0.3, -0.25) is 39.4 Å². The summed E-state index contributed by atoms with van der Waals surface area (Å²) in [4.78, 5) is 77.4. The van der Waals surface area contributed by atoms with Crippen molar-refractivity contribution in [1.82, 2.24) is 9.80 Å². The van der Waals surface area contributed by atoms with Crippen LogP contribution in [0.1, 0.15) is 32.1 Å². The molecule has 2 amide bonds. The van der Waals surface area contributed by atoms with Crippen LogP contribution in [0.5, 0.6) is 0 Å². The van der Waals surface area contributed by atoms with Gasteiger partial charge in [0.15, 0.2) is 0 Å². The van der Waals surface area contributed by atoms with Crippen molar-refractivity contribution in [2.45, 2.75) is 32.1 Å². The molecule has 0 N–H and O–H groups in total. The minimum atomic E-state index is -0.749. The van der Waals surface area contributed by atoms with Crippen molar-refractivity contribution in [3.63, 3.8) is 0 Å². The maximum Gasteiger partial charge on any atom is 0.317 e. The van der Waals surface area contributed by atoms with Crippen LogP contribution in [-0.4, -0.2) is 109 Å². The molecule has 0 bridgehead atoms. The minimum absolute atomic E-state index is 0.00737. The van der Waals surface area contributed by atoms with Crippen molar-refractivity contribution in [2.24, 2.45) is 0 Å². The Labute approximate surface area is 271 Å². The van der Waals surface area contributed by atoms with Gasteiger partial charge in [-0.2, -0.15) is 0 Å². The van der Waals surface area contributed by atoms with Crippen LogP contribution >= 0.6 is 0 Å². The van der Waals surface area contributed by atoms with Crippen molar-refractivity contribution in [3.05, 3.63) is 68.8 Å². The van der Waals surface area contributed by atoms with Crippen LogP contribution in [0.25, 0.3) is 0 Å². The molecule has 2 fully saturated rings. The van der Waals surface area contributed by atoms with Crippen LogP contribution in [0.4, 0.5) is 22.7 Å². The number of anilines is 2. The summed E-state index contributed by atoms with van der Waals surface area (Å²) in [5.74, 6) is -1.63. The van der Waals surface area contributed by atoms with Gasteiger partial charge < -0.3 is 29.1 Å². The zero-order valence-corrected chi connectivity index (χ0v) is 26.0. The zero-order valence-electron chi connectivity index (χ0n) is 26.0. The van der Waals surface area contributed by atoms with Gasteiger partial charge in [0.2, 0.25) is 11.8 Å². The Morgan fingerprint density at radius 1 is 0.574 bits per heavy atom. The quantitative estimate of drug-likeness (QED) is 0.0954. The molecule has 252 valence electrons. The van der Waals surface area contributed by atoms with E-state index in [1.807, 2.05) is 0 Å². The number of nitro groups is 2. The fourth-order valence-electron chi connectivity index (χ4n) is 5.35. The third kappa shape index (κ3) is 10.4. The van der Waals surface area contributed by atoms with E-state index in [1.54, 1.807) is 34.1 Å². The lowest BCUT2D eigenvalue weighted by atomic mass is 10.2. The largest absolute Gasteiger partial charge is 0.465 e. The van der Waals surface area contributed by atoms with Gasteiger partial charge in [-0.25, -0.2) is 0 Å². The van der Waals surface area contributed by atoms with Gasteiger partial charge in [0.25, 0.3) is 11.4 Å². The molecule has 4 rings (SSSR count). The standard InChI is InChI=1S/C31H38N6O10/c38-28(34-17-13-32(14-18-34)24-5-9-26(10-6-24)36(42)43)3-1-21-46-30(40)23-31(41)47-22-2-4-29(39)35-19-15-33(16-20-35)25-7-11-27(12-8-25)37(44)45/h5-12H,1-4,13-23H2. The molecule has 2 aliphatic rings. The summed E-state index contributed by atoms with van der Waals surface area (Å²) < 4.78 is 10.1. The molecule has 2 aromatic carbocycles. The molecule has 0 atom stereocenters. The van der Waals surface area contributed by atoms with Crippen LogP contribution < -0.4 is 9.80 Å². The van der Waals surface area contributed by atoms with Crippen LogP contribution in [0.3, 0.4) is 0 Å². The van der Waals surface area contributed by atoms with Crippen molar-refractivity contribution in [1.29, 1.82) is 0 Å². The fourth-order valence-corrected chi connectivity index (χ4v) is 5.35. The van der Waals surface area contributed by atoms with E-state index in [-0.39, 0.29) is 49.2 Å². The molecule has 0 unspecified atom stereocenters. The van der Waals surface area contributed by atoms with Crippen molar-refractivity contribution < 1.29 is 38.5 Å². The lowest BCUT2D eigenvalue weighted by Crippen LogP contribution is -2.48. The van der Waals surface area contributed by atoms with Crippen molar-refractivity contribution >= 4 is 46.5 Å². The van der Waals surface area contributed by atoms with E-state index in [0.717, 1.165) is 11.4 Å². The third-order valence-electron chi connectivity index (χ3n) is 8.00. The monoisotopic (exact) mass is 654 g/mol. The average molecular weight is 655 g/mol. The normalized spacial score (nSPS) is 14.8. The molecule has 0 aromatic heterocycles. The Bertz CT molecular complexity index is 1310. The van der Waals surface area contributed by atoms with Gasteiger partial charge in [-0.15, -0.1) is 0 Å². The number of nitro benzene ring substituents is 2. The number of esters is 2. The van der Waals surface area contributed by atoms with Gasteiger partial charge in [-0.1, -0.05) is 0 Å². The molecule has 16 heteroatoms. The number of rotatable bonds is 14. The first-order chi connectivity index (χ1) is 22.6. The molecule has 2 saturated heterocycles. The van der Waals surface area contributed by atoms with E-state index in [2.05, 4.69) is 9.80 Å². The van der Waals surface area contributed by atoms with Crippen LogP contribution in [-0.2, 0) is 28.7 Å². The van der Waals surface area contributed by atoms with Gasteiger partial charge >= 0.3 is 11.9 Å². The maximum absolute atomic E-state index is 12.6. The number of carbonyl (C=O) groups is 4. The van der Waals surface area contributed by atoms with E-state index >= 15 is 0 Å². The number of carbonyl (C=O) groups excluding carboxylic acids is 4. The minimum Gasteiger partial charge on any atom is -0.465 e. The summed E-state index contributed by atoms with van der Waals surface area (Å²) in [6.45, 7) is 4.40. The van der Waals surface area contributed by atoms with Crippen molar-refractivity contribution in [2.75, 3.05) is 75.4 Å². The number of ether oxygens (including phenoxy) is 2. The second-order valence-electron chi connectivity index (χ2n) is 11.1. The molecule has 16 nitrogen and oxygen atoms in total. The number of benzene rings is 2. The van der Waals surface area contributed by atoms with Gasteiger partial charge in [0.05, 0.1) is 23.1 Å². The molecular formula is C31H38N6O10. The van der Waals surface area contributed by atoms with E-state index in [4.69, 9.17) is 9.47 Å². The predicted octanol–water partition coefficient (Wildman–Crippen LogP) is 2.54. The highest BCUT2D eigenvalue weighted by Gasteiger charge is 2.23. The highest BCUT2D eigenvalue weighted by molar-refractivity contribution is 5.91. The number of nitrogens with zero attached hydrogens (tertiary/aromatic N) is 6. The first kappa shape index (κ1) is 34.6. The molecule has 0 saturated carbocycles. The lowest BCUT2D eigenvalue weighted by molar-refractivity contribution is -0.385. The number of hydrogen-bond donors (Lipinski definition) is 0. The summed E-state index contributed by atoms with van der Waals surface area (Å²) in [6, 6.07) is 12.6. The van der Waals surface area contributed by atoms with E-state index in [0.29, 0.717) is 65.2 Å². The molecule has 2 aromatic rings. The maximum atomic E-state index is 12.6. The second kappa shape index (κ2) is 16.9. The molecule has 2 aliphatic heterocycles. The summed E-state index contributed by atoms with van der Waals surface area (Å²) >= 11 is 0. The molecule has 47 heavy (non-hydrogen) atoms. The molecule has 0 radical (unpaired) electrons. The van der Waals surface area contributed by atoms with Gasteiger partial charge in [-0.05, 0) is 37.1 Å². The van der Waals surface area contributed by atoms with Gasteiger partial charge in [0.1, 0.15) is 6.42 Å². The Morgan fingerprint density at radius 2 is 0.915 bits per heavy atom. The Kier molecular flexibility index (Phi) is 12.4. The predicted molar refractivity (Wildman–Crippen MR) is 169 cm³/mol. The summed E-state index contributed by atoms with van der Waals surface area (Å²) in [5, 5.41) is 21.7. The zero-order chi connectivity index (χ0) is 33.8. The number of amides is 2. The molecule has 2 heterocycles. The third-order valence-corrected chi connectivity index (χ3v) is 8.00. The average Bonchev–Trinajstić information content (AvgIpc) is 3.08. The van der Waals surface area contributed by atoms with E-state index in [9.17, 15) is 39.4 Å². The number of non-ortho nitro benzene ring substituents is 2. The summed E-state index contributed by atoms with van der Waals surface area (Å²) in [7, 11) is 0. The van der Waals surface area contributed by atoms with Crippen LogP contribution in [0.2, 0.25) is 0 Å². The Balaban J connectivity index is 1.01. The number of hydrogen-bond acceptors (Lipinski definition) is 12. The first-order valence-corrected chi connectivity index (χ1v) is 15.5. The van der Waals surface area contributed by atoms with Crippen LogP contribution in [0, 0.1) is 20.2 Å². The van der Waals surface area contributed by atoms with Crippen LogP contribution in [0.15, 0.2) is 48.5 Å². The molecular weight excluding hydrogens is 616 g/mol. The Morgan fingerprint density at radius 3 is 1.23 bits per heavy atom. The number of piperazine rings is 2. The summed E-state index contributed by atoms with van der Waals surface area (Å²) in [6.07, 6.45) is 0.445. The SMILES string of the molecule is O=C(CC(=O)OCCCC(=O)N1CCN(c2ccc([N+](=O)[O-])cc2)CC1)OCCCC(=O)N1CCN(c2ccc([N+](=O)[O-])cc2)CC1. The smallest absolute Gasteiger partial charge is 0.317 e. The highest BCUT2D eigenvalue weighted by Crippen LogP contribution is 2.22. The summed E-state index contributed by atoms with van der Waals surface area (Å²) in [5.41, 5.74) is 1.76.